The Labute approximate surface area is 98.1 Å². The van der Waals surface area contributed by atoms with Crippen LogP contribution >= 0.6 is 0 Å². The predicted molar refractivity (Wildman–Crippen MR) is 48.6 cm³/mol. The molecule has 12 heteroatoms. The Balaban J connectivity index is 6.03. The Morgan fingerprint density at radius 2 is 1.17 bits per heavy atom. The van der Waals surface area contributed by atoms with Crippen molar-refractivity contribution < 1.29 is 43.2 Å². The summed E-state index contributed by atoms with van der Waals surface area (Å²) in [5, 5.41) is 0. The molecule has 0 aromatic heterocycles. The van der Waals surface area contributed by atoms with Crippen molar-refractivity contribution in [3.05, 3.63) is 12.7 Å². The minimum Gasteiger partial charge on any atom is -0.218 e. The number of allylic oxidation sites excluding steroid dienone is 1. The van der Waals surface area contributed by atoms with Gasteiger partial charge in [-0.05, 0) is 6.42 Å². The summed E-state index contributed by atoms with van der Waals surface area (Å²) >= 11 is 0. The van der Waals surface area contributed by atoms with E-state index in [4.69, 9.17) is 0 Å². The number of hydrogen-bond acceptors (Lipinski definition) is 4. The zero-order valence-corrected chi connectivity index (χ0v) is 9.92. The van der Waals surface area contributed by atoms with Crippen LogP contribution in [0.1, 0.15) is 6.42 Å². The zero-order chi connectivity index (χ0) is 15.0. The van der Waals surface area contributed by atoms with Gasteiger partial charge >= 0.3 is 11.0 Å². The molecular formula is C6H6F6O4S2. The summed E-state index contributed by atoms with van der Waals surface area (Å²) in [5.41, 5.74) is -12.2. The molecule has 0 saturated heterocycles. The molecule has 0 aliphatic heterocycles. The van der Waals surface area contributed by atoms with Crippen LogP contribution in [0.15, 0.2) is 12.7 Å². The van der Waals surface area contributed by atoms with Gasteiger partial charge in [-0.2, -0.15) is 26.3 Å². The summed E-state index contributed by atoms with van der Waals surface area (Å²) in [5.74, 6) is 0. The van der Waals surface area contributed by atoms with Gasteiger partial charge in [0.1, 0.15) is 0 Å². The van der Waals surface area contributed by atoms with Crippen LogP contribution in [0.5, 0.6) is 0 Å². The Morgan fingerprint density at radius 1 is 0.889 bits per heavy atom. The molecule has 18 heavy (non-hydrogen) atoms. The zero-order valence-electron chi connectivity index (χ0n) is 8.29. The molecule has 4 nitrogen and oxygen atoms in total. The largest absolute Gasteiger partial charge is 0.498 e. The highest BCUT2D eigenvalue weighted by molar-refractivity contribution is 8.09. The quantitative estimate of drug-likeness (QED) is 0.585. The van der Waals surface area contributed by atoms with Gasteiger partial charge in [0.15, 0.2) is 4.58 Å². The van der Waals surface area contributed by atoms with E-state index in [1.807, 2.05) is 0 Å². The lowest BCUT2D eigenvalue weighted by Gasteiger charge is -2.19. The van der Waals surface area contributed by atoms with Crippen molar-refractivity contribution in [2.45, 2.75) is 22.0 Å². The lowest BCUT2D eigenvalue weighted by atomic mass is 10.5. The number of hydrogen-bond donors (Lipinski definition) is 0. The van der Waals surface area contributed by atoms with Crippen LogP contribution in [0.2, 0.25) is 0 Å². The molecule has 0 fully saturated rings. The molecule has 0 unspecified atom stereocenters. The Bertz CT molecular complexity index is 467. The van der Waals surface area contributed by atoms with E-state index < -0.39 is 41.7 Å². The second kappa shape index (κ2) is 4.72. The average Bonchev–Trinajstić information content (AvgIpc) is 2.09. The molecule has 108 valence electrons. The summed E-state index contributed by atoms with van der Waals surface area (Å²) in [7, 11) is -13.0. The van der Waals surface area contributed by atoms with Crippen LogP contribution < -0.4 is 0 Å². The van der Waals surface area contributed by atoms with Crippen LogP contribution in [-0.4, -0.2) is 32.4 Å². The monoisotopic (exact) mass is 320 g/mol. The third-order valence-corrected chi connectivity index (χ3v) is 6.28. The van der Waals surface area contributed by atoms with Crippen molar-refractivity contribution in [2.24, 2.45) is 0 Å². The standard InChI is InChI=1S/C6H6F6O4S2/c1-2-3-4(17(13,14)5(7,8)9)18(15,16)6(10,11)12/h2,4H,1,3H2. The first kappa shape index (κ1) is 17.2. The second-order valence-corrected chi connectivity index (χ2v) is 7.48. The Hall–Kier alpha value is -0.780. The smallest absolute Gasteiger partial charge is 0.218 e. The summed E-state index contributed by atoms with van der Waals surface area (Å²) < 4.78 is 112. The highest BCUT2D eigenvalue weighted by Crippen LogP contribution is 2.37. The van der Waals surface area contributed by atoms with Gasteiger partial charge in [-0.1, -0.05) is 6.08 Å². The number of rotatable bonds is 4. The van der Waals surface area contributed by atoms with Crippen molar-refractivity contribution in [3.8, 4) is 0 Å². The van der Waals surface area contributed by atoms with Crippen LogP contribution in [0, 0.1) is 0 Å². The van der Waals surface area contributed by atoms with Crippen molar-refractivity contribution in [1.82, 2.24) is 0 Å². The molecule has 0 aromatic rings. The van der Waals surface area contributed by atoms with Crippen LogP contribution in [0.25, 0.3) is 0 Å². The lowest BCUT2D eigenvalue weighted by Crippen LogP contribution is -2.44. The van der Waals surface area contributed by atoms with E-state index in [1.54, 1.807) is 0 Å². The predicted octanol–water partition coefficient (Wildman–Crippen LogP) is 1.76. The molecule has 0 aromatic carbocycles. The summed E-state index contributed by atoms with van der Waals surface area (Å²) in [4.78, 5) is 0. The van der Waals surface area contributed by atoms with Crippen molar-refractivity contribution >= 4 is 19.7 Å². The lowest BCUT2D eigenvalue weighted by molar-refractivity contribution is -0.0471. The molecule has 0 saturated carbocycles. The van der Waals surface area contributed by atoms with Gasteiger partial charge in [0.2, 0.25) is 0 Å². The SMILES string of the molecule is C=CCC(S(=O)(=O)C(F)(F)F)S(=O)(=O)C(F)(F)F. The van der Waals surface area contributed by atoms with E-state index in [9.17, 15) is 43.2 Å². The van der Waals surface area contributed by atoms with Crippen molar-refractivity contribution in [3.63, 3.8) is 0 Å². The molecule has 0 amide bonds. The molecule has 0 radical (unpaired) electrons. The van der Waals surface area contributed by atoms with Crippen LogP contribution in [-0.2, 0) is 19.7 Å². The first-order valence-electron chi connectivity index (χ1n) is 3.90. The number of halogens is 6. The maximum absolute atomic E-state index is 12.1. The molecule has 0 spiro atoms. The van der Waals surface area contributed by atoms with Crippen LogP contribution in [0.3, 0.4) is 0 Å². The van der Waals surface area contributed by atoms with Gasteiger partial charge in [-0.25, -0.2) is 16.8 Å². The number of alkyl halides is 6. The number of sulfone groups is 2. The van der Waals surface area contributed by atoms with E-state index >= 15 is 0 Å². The van der Waals surface area contributed by atoms with Gasteiger partial charge in [-0.3, -0.25) is 0 Å². The topological polar surface area (TPSA) is 68.3 Å². The second-order valence-electron chi connectivity index (χ2n) is 2.94. The normalized spacial score (nSPS) is 14.8. The molecule has 0 bridgehead atoms. The van der Waals surface area contributed by atoms with E-state index in [2.05, 4.69) is 6.58 Å². The minimum absolute atomic E-state index is 0.344. The van der Waals surface area contributed by atoms with Crippen molar-refractivity contribution in [1.29, 1.82) is 0 Å². The maximum Gasteiger partial charge on any atom is 0.498 e. The first-order valence-corrected chi connectivity index (χ1v) is 7.00. The summed E-state index contributed by atoms with van der Waals surface area (Å²) in [6, 6.07) is 0. The summed E-state index contributed by atoms with van der Waals surface area (Å²) in [6.07, 6.45) is -1.18. The van der Waals surface area contributed by atoms with Crippen molar-refractivity contribution in [2.75, 3.05) is 0 Å². The first-order chi connectivity index (χ1) is 7.69. The van der Waals surface area contributed by atoms with E-state index in [-0.39, 0.29) is 0 Å². The Morgan fingerprint density at radius 3 is 1.33 bits per heavy atom. The van der Waals surface area contributed by atoms with E-state index in [1.165, 1.54) is 0 Å². The molecule has 0 rings (SSSR count). The van der Waals surface area contributed by atoms with Gasteiger partial charge < -0.3 is 0 Å². The maximum atomic E-state index is 12.1. The summed E-state index contributed by atoms with van der Waals surface area (Å²) in [6.45, 7) is 2.73. The molecule has 0 atom stereocenters. The fourth-order valence-corrected chi connectivity index (χ4v) is 4.22. The van der Waals surface area contributed by atoms with Gasteiger partial charge in [0.05, 0.1) is 0 Å². The van der Waals surface area contributed by atoms with E-state index in [0.29, 0.717) is 6.08 Å². The third-order valence-electron chi connectivity index (χ3n) is 1.70. The Kier molecular flexibility index (Phi) is 4.51. The minimum atomic E-state index is -6.52. The fraction of sp³-hybridized carbons (Fsp3) is 0.667. The van der Waals surface area contributed by atoms with Gasteiger partial charge in [0.25, 0.3) is 19.7 Å². The molecule has 0 aliphatic carbocycles. The molecule has 0 aliphatic rings. The highest BCUT2D eigenvalue weighted by Gasteiger charge is 2.62. The molecular weight excluding hydrogens is 314 g/mol. The van der Waals surface area contributed by atoms with E-state index in [0.717, 1.165) is 0 Å². The third kappa shape index (κ3) is 2.96. The molecule has 0 heterocycles. The van der Waals surface area contributed by atoms with Gasteiger partial charge in [-0.15, -0.1) is 6.58 Å². The van der Waals surface area contributed by atoms with Crippen LogP contribution in [0.4, 0.5) is 26.3 Å². The van der Waals surface area contributed by atoms with Gasteiger partial charge in [0, 0.05) is 0 Å². The average molecular weight is 320 g/mol. The highest BCUT2D eigenvalue weighted by atomic mass is 32.3. The molecule has 0 N–H and O–H groups in total. The fourth-order valence-electron chi connectivity index (χ4n) is 0.854.